The largest absolute Gasteiger partial charge is 0.448 e. The summed E-state index contributed by atoms with van der Waals surface area (Å²) in [5.41, 5.74) is 1.69. The summed E-state index contributed by atoms with van der Waals surface area (Å²) in [7, 11) is -4.71. The maximum absolute atomic E-state index is 11.3. The first-order chi connectivity index (χ1) is 7.46. The van der Waals surface area contributed by atoms with Gasteiger partial charge in [-0.3, -0.25) is 9.35 Å². The number of aryl methyl sites for hydroxylation is 1. The van der Waals surface area contributed by atoms with Crippen LogP contribution in [0.2, 0.25) is 0 Å². The molecule has 0 fully saturated rings. The summed E-state index contributed by atoms with van der Waals surface area (Å²) < 4.78 is 33.1. The Kier molecular flexibility index (Phi) is 2.68. The van der Waals surface area contributed by atoms with Gasteiger partial charge in [0.2, 0.25) is 0 Å². The molecule has 0 saturated carbocycles. The number of carbonyl (C=O) groups excluding carboxylic acids is 1. The normalized spacial score (nSPS) is 20.2. The molecule has 16 heavy (non-hydrogen) atoms. The second kappa shape index (κ2) is 3.87. The summed E-state index contributed by atoms with van der Waals surface area (Å²) in [6, 6.07) is 0. The van der Waals surface area contributed by atoms with Gasteiger partial charge >= 0.3 is 16.4 Å². The number of rotatable bonds is 2. The molecule has 88 valence electrons. The third-order valence-corrected chi connectivity index (χ3v) is 2.88. The van der Waals surface area contributed by atoms with E-state index in [0.717, 1.165) is 11.4 Å². The van der Waals surface area contributed by atoms with Gasteiger partial charge in [-0.2, -0.15) is 8.42 Å². The van der Waals surface area contributed by atoms with Crippen molar-refractivity contribution in [3.8, 4) is 0 Å². The fourth-order valence-corrected chi connectivity index (χ4v) is 2.12. The molecule has 0 spiro atoms. The fraction of sp³-hybridized carbons (Fsp3) is 0.500. The van der Waals surface area contributed by atoms with Crippen molar-refractivity contribution in [1.29, 1.82) is 0 Å². The van der Waals surface area contributed by atoms with Crippen LogP contribution < -0.4 is 0 Å². The summed E-state index contributed by atoms with van der Waals surface area (Å²) in [5, 5.41) is 0. The molecule has 0 bridgehead atoms. The van der Waals surface area contributed by atoms with Crippen LogP contribution in [-0.2, 0) is 32.2 Å². The van der Waals surface area contributed by atoms with E-state index in [1.807, 2.05) is 0 Å². The van der Waals surface area contributed by atoms with Crippen molar-refractivity contribution < 1.29 is 21.9 Å². The zero-order chi connectivity index (χ0) is 11.8. The van der Waals surface area contributed by atoms with Crippen molar-refractivity contribution in [2.45, 2.75) is 19.3 Å². The van der Waals surface area contributed by atoms with Crippen molar-refractivity contribution in [1.82, 2.24) is 9.97 Å². The minimum Gasteiger partial charge on any atom is -0.348 e. The minimum atomic E-state index is -4.71. The van der Waals surface area contributed by atoms with E-state index in [-0.39, 0.29) is 0 Å². The molecule has 0 amide bonds. The van der Waals surface area contributed by atoms with Crippen LogP contribution in [0.15, 0.2) is 6.33 Å². The summed E-state index contributed by atoms with van der Waals surface area (Å²) in [5.74, 6) is -1.49. The van der Waals surface area contributed by atoms with Gasteiger partial charge in [0.05, 0.1) is 17.9 Å². The summed E-state index contributed by atoms with van der Waals surface area (Å²) in [6.45, 7) is 0. The SMILES string of the molecule is O=C(OS(=O)(=O)O)C1CCc2nc[nH]c2C1. The molecular weight excluding hydrogens is 236 g/mol. The number of hydrogen-bond acceptors (Lipinski definition) is 5. The van der Waals surface area contributed by atoms with Gasteiger partial charge in [-0.1, -0.05) is 0 Å². The number of carbonyl (C=O) groups is 1. The molecule has 1 aliphatic rings. The molecule has 2 rings (SSSR count). The van der Waals surface area contributed by atoms with E-state index in [1.165, 1.54) is 6.33 Å². The van der Waals surface area contributed by atoms with Crippen molar-refractivity contribution >= 4 is 16.4 Å². The minimum absolute atomic E-state index is 0.351. The quantitative estimate of drug-likeness (QED) is 0.703. The van der Waals surface area contributed by atoms with Crippen molar-refractivity contribution in [3.63, 3.8) is 0 Å². The van der Waals surface area contributed by atoms with Gasteiger partial charge in [0.25, 0.3) is 0 Å². The number of fused-ring (bicyclic) bond motifs is 1. The van der Waals surface area contributed by atoms with Gasteiger partial charge in [0, 0.05) is 12.1 Å². The lowest BCUT2D eigenvalue weighted by Crippen LogP contribution is -2.26. The van der Waals surface area contributed by atoms with Crippen LogP contribution in [0.5, 0.6) is 0 Å². The number of aromatic amines is 1. The first-order valence-corrected chi connectivity index (χ1v) is 6.04. The Bertz CT molecular complexity index is 506. The monoisotopic (exact) mass is 246 g/mol. The van der Waals surface area contributed by atoms with Crippen LogP contribution in [0.3, 0.4) is 0 Å². The molecule has 2 N–H and O–H groups in total. The molecule has 1 unspecified atom stereocenters. The maximum atomic E-state index is 11.3. The van der Waals surface area contributed by atoms with Gasteiger partial charge < -0.3 is 9.17 Å². The molecule has 0 radical (unpaired) electrons. The van der Waals surface area contributed by atoms with E-state index in [0.29, 0.717) is 19.3 Å². The van der Waals surface area contributed by atoms with Gasteiger partial charge in [0.1, 0.15) is 0 Å². The van der Waals surface area contributed by atoms with E-state index in [4.69, 9.17) is 4.55 Å². The Morgan fingerprint density at radius 1 is 1.62 bits per heavy atom. The second-order valence-corrected chi connectivity index (χ2v) is 4.62. The molecule has 1 aromatic rings. The van der Waals surface area contributed by atoms with Crippen LogP contribution in [0, 0.1) is 5.92 Å². The maximum Gasteiger partial charge on any atom is 0.448 e. The van der Waals surface area contributed by atoms with Crippen LogP contribution in [-0.4, -0.2) is 28.9 Å². The predicted octanol–water partition coefficient (Wildman–Crippen LogP) is -0.139. The van der Waals surface area contributed by atoms with Gasteiger partial charge in [0.15, 0.2) is 0 Å². The highest BCUT2D eigenvalue weighted by atomic mass is 32.3. The third kappa shape index (κ3) is 2.39. The zero-order valence-electron chi connectivity index (χ0n) is 8.21. The fourth-order valence-electron chi connectivity index (χ4n) is 1.77. The molecule has 7 nitrogen and oxygen atoms in total. The van der Waals surface area contributed by atoms with Crippen LogP contribution >= 0.6 is 0 Å². The Hall–Kier alpha value is -1.41. The van der Waals surface area contributed by atoms with Crippen molar-refractivity contribution in [2.24, 2.45) is 5.92 Å². The van der Waals surface area contributed by atoms with Gasteiger partial charge in [-0.15, -0.1) is 0 Å². The number of hydrogen-bond donors (Lipinski definition) is 2. The molecule has 1 atom stereocenters. The van der Waals surface area contributed by atoms with E-state index in [2.05, 4.69) is 14.2 Å². The summed E-state index contributed by atoms with van der Waals surface area (Å²) in [4.78, 5) is 18.3. The highest BCUT2D eigenvalue weighted by Crippen LogP contribution is 2.24. The van der Waals surface area contributed by atoms with Crippen molar-refractivity contribution in [2.75, 3.05) is 0 Å². The van der Waals surface area contributed by atoms with Crippen LogP contribution in [0.1, 0.15) is 17.8 Å². The molecule has 0 aromatic carbocycles. The average Bonchev–Trinajstić information content (AvgIpc) is 2.61. The molecule has 1 aliphatic carbocycles. The number of nitrogens with zero attached hydrogens (tertiary/aromatic N) is 1. The number of H-pyrrole nitrogens is 1. The first kappa shape index (κ1) is 11.1. The predicted molar refractivity (Wildman–Crippen MR) is 51.7 cm³/mol. The molecule has 8 heteroatoms. The lowest BCUT2D eigenvalue weighted by Gasteiger charge is -2.18. The molecule has 0 saturated heterocycles. The second-order valence-electron chi connectivity index (χ2n) is 3.60. The Morgan fingerprint density at radius 2 is 2.38 bits per heavy atom. The highest BCUT2D eigenvalue weighted by molar-refractivity contribution is 7.81. The topological polar surface area (TPSA) is 109 Å². The number of imidazole rings is 1. The lowest BCUT2D eigenvalue weighted by atomic mass is 9.90. The highest BCUT2D eigenvalue weighted by Gasteiger charge is 2.29. The molecule has 1 heterocycles. The zero-order valence-corrected chi connectivity index (χ0v) is 9.03. The van der Waals surface area contributed by atoms with E-state index in [9.17, 15) is 13.2 Å². The third-order valence-electron chi connectivity index (χ3n) is 2.51. The molecular formula is C8H10N2O5S. The first-order valence-electron chi connectivity index (χ1n) is 4.67. The van der Waals surface area contributed by atoms with Crippen LogP contribution in [0.25, 0.3) is 0 Å². The van der Waals surface area contributed by atoms with Crippen LogP contribution in [0.4, 0.5) is 0 Å². The molecule has 0 aliphatic heterocycles. The van der Waals surface area contributed by atoms with Gasteiger partial charge in [-0.25, -0.2) is 4.98 Å². The molecule has 1 aromatic heterocycles. The van der Waals surface area contributed by atoms with E-state index < -0.39 is 22.3 Å². The lowest BCUT2D eigenvalue weighted by molar-refractivity contribution is -0.139. The Morgan fingerprint density at radius 3 is 3.06 bits per heavy atom. The van der Waals surface area contributed by atoms with E-state index >= 15 is 0 Å². The standard InChI is InChI=1S/C8H10N2O5S/c11-8(15-16(12,13)14)5-1-2-6-7(3-5)10-4-9-6/h4-5H,1-3H2,(H,9,10)(H,12,13,14). The smallest absolute Gasteiger partial charge is 0.348 e. The van der Waals surface area contributed by atoms with Crippen molar-refractivity contribution in [3.05, 3.63) is 17.7 Å². The van der Waals surface area contributed by atoms with Gasteiger partial charge in [-0.05, 0) is 12.8 Å². The number of nitrogens with one attached hydrogen (secondary N) is 1. The summed E-state index contributed by atoms with van der Waals surface area (Å²) in [6.07, 6.45) is 2.93. The van der Waals surface area contributed by atoms with E-state index in [1.54, 1.807) is 0 Å². The Labute approximate surface area is 91.8 Å². The average molecular weight is 246 g/mol. The summed E-state index contributed by atoms with van der Waals surface area (Å²) >= 11 is 0. The Balaban J connectivity index is 2.06. The number of aromatic nitrogens is 2.